The van der Waals surface area contributed by atoms with Gasteiger partial charge in [0, 0.05) is 13.1 Å². The van der Waals surface area contributed by atoms with E-state index < -0.39 is 15.8 Å². The summed E-state index contributed by atoms with van der Waals surface area (Å²) in [5.74, 6) is -0.298. The van der Waals surface area contributed by atoms with Crippen LogP contribution in [0.5, 0.6) is 0 Å². The lowest BCUT2D eigenvalue weighted by atomic mass is 9.80. The summed E-state index contributed by atoms with van der Waals surface area (Å²) in [6, 6.07) is 3.67. The molecule has 1 aromatic rings. The standard InChI is InChI=1S/C12H18FN3O2S/c1-8(2)12(14)6-16(7-12)11-4-3-9(5-10(11)13)19(15,17)18/h3-5,8H,6-7,14H2,1-2H3,(H2,15,17,18). The molecule has 0 spiro atoms. The Labute approximate surface area is 112 Å². The van der Waals surface area contributed by atoms with Crippen molar-refractivity contribution < 1.29 is 12.8 Å². The van der Waals surface area contributed by atoms with Crippen LogP contribution in [0.3, 0.4) is 0 Å². The summed E-state index contributed by atoms with van der Waals surface area (Å²) in [5, 5.41) is 4.95. The zero-order chi connectivity index (χ0) is 14.4. The molecule has 0 amide bonds. The number of hydrogen-bond donors (Lipinski definition) is 2. The fourth-order valence-electron chi connectivity index (χ4n) is 2.12. The Morgan fingerprint density at radius 2 is 1.95 bits per heavy atom. The van der Waals surface area contributed by atoms with E-state index in [1.54, 1.807) is 4.90 Å². The molecule has 0 bridgehead atoms. The van der Waals surface area contributed by atoms with E-state index in [-0.39, 0.29) is 10.4 Å². The SMILES string of the molecule is CC(C)C1(N)CN(c2ccc(S(N)(=O)=O)cc2F)C1. The topological polar surface area (TPSA) is 89.4 Å². The van der Waals surface area contributed by atoms with E-state index in [2.05, 4.69) is 0 Å². The van der Waals surface area contributed by atoms with Crippen LogP contribution in [0.15, 0.2) is 23.1 Å². The van der Waals surface area contributed by atoms with Crippen molar-refractivity contribution in [2.45, 2.75) is 24.3 Å². The van der Waals surface area contributed by atoms with Crippen molar-refractivity contribution in [3.8, 4) is 0 Å². The van der Waals surface area contributed by atoms with E-state index in [0.29, 0.717) is 24.7 Å². The maximum atomic E-state index is 13.9. The lowest BCUT2D eigenvalue weighted by Gasteiger charge is -2.51. The van der Waals surface area contributed by atoms with Crippen LogP contribution >= 0.6 is 0 Å². The maximum absolute atomic E-state index is 13.9. The van der Waals surface area contributed by atoms with Crippen molar-refractivity contribution in [3.05, 3.63) is 24.0 Å². The van der Waals surface area contributed by atoms with Crippen LogP contribution in [-0.4, -0.2) is 27.0 Å². The quantitative estimate of drug-likeness (QED) is 0.854. The van der Waals surface area contributed by atoms with Gasteiger partial charge >= 0.3 is 0 Å². The van der Waals surface area contributed by atoms with Gasteiger partial charge < -0.3 is 10.6 Å². The Morgan fingerprint density at radius 1 is 1.37 bits per heavy atom. The van der Waals surface area contributed by atoms with Crippen molar-refractivity contribution in [1.29, 1.82) is 0 Å². The summed E-state index contributed by atoms with van der Waals surface area (Å²) in [7, 11) is -3.88. The number of rotatable bonds is 3. The van der Waals surface area contributed by atoms with Crippen molar-refractivity contribution in [1.82, 2.24) is 0 Å². The molecule has 0 unspecified atom stereocenters. The molecule has 106 valence electrons. The summed E-state index contributed by atoms with van der Waals surface area (Å²) in [5.41, 5.74) is 6.18. The highest BCUT2D eigenvalue weighted by Crippen LogP contribution is 2.33. The molecule has 0 aromatic heterocycles. The van der Waals surface area contributed by atoms with Gasteiger partial charge in [0.2, 0.25) is 10.0 Å². The molecule has 1 aliphatic heterocycles. The lowest BCUT2D eigenvalue weighted by molar-refractivity contribution is 0.243. The second-order valence-corrected chi connectivity index (χ2v) is 6.96. The zero-order valence-corrected chi connectivity index (χ0v) is 11.7. The molecule has 0 saturated carbocycles. The third kappa shape index (κ3) is 2.58. The Bertz CT molecular complexity index is 595. The first-order valence-electron chi connectivity index (χ1n) is 6.00. The summed E-state index contributed by atoms with van der Waals surface area (Å²) in [6.07, 6.45) is 0. The highest BCUT2D eigenvalue weighted by atomic mass is 32.2. The first-order valence-corrected chi connectivity index (χ1v) is 7.54. The Morgan fingerprint density at radius 3 is 2.37 bits per heavy atom. The van der Waals surface area contributed by atoms with E-state index >= 15 is 0 Å². The van der Waals surface area contributed by atoms with Gasteiger partial charge in [-0.1, -0.05) is 13.8 Å². The second-order valence-electron chi connectivity index (χ2n) is 5.40. The number of primary sulfonamides is 1. The molecule has 0 aliphatic carbocycles. The first kappa shape index (κ1) is 14.2. The molecule has 1 fully saturated rings. The summed E-state index contributed by atoms with van der Waals surface area (Å²) >= 11 is 0. The summed E-state index contributed by atoms with van der Waals surface area (Å²) in [4.78, 5) is 1.57. The van der Waals surface area contributed by atoms with E-state index in [1.807, 2.05) is 13.8 Å². The van der Waals surface area contributed by atoms with Crippen LogP contribution in [-0.2, 0) is 10.0 Å². The van der Waals surface area contributed by atoms with Crippen LogP contribution in [0, 0.1) is 11.7 Å². The average molecular weight is 287 g/mol. The normalized spacial score (nSPS) is 18.5. The van der Waals surface area contributed by atoms with E-state index in [9.17, 15) is 12.8 Å². The summed E-state index contributed by atoms with van der Waals surface area (Å²) in [6.45, 7) is 5.15. The molecule has 4 N–H and O–H groups in total. The number of sulfonamides is 1. The first-order chi connectivity index (χ1) is 8.63. The minimum atomic E-state index is -3.88. The average Bonchev–Trinajstić information content (AvgIpc) is 2.23. The lowest BCUT2D eigenvalue weighted by Crippen LogP contribution is -2.70. The van der Waals surface area contributed by atoms with E-state index in [4.69, 9.17) is 10.9 Å². The minimum absolute atomic E-state index is 0.225. The van der Waals surface area contributed by atoms with Gasteiger partial charge in [-0.3, -0.25) is 0 Å². The molecular weight excluding hydrogens is 269 g/mol. The van der Waals surface area contributed by atoms with E-state index in [0.717, 1.165) is 6.07 Å². The van der Waals surface area contributed by atoms with Crippen LogP contribution in [0.25, 0.3) is 0 Å². The highest BCUT2D eigenvalue weighted by molar-refractivity contribution is 7.89. The smallest absolute Gasteiger partial charge is 0.238 e. The Kier molecular flexibility index (Phi) is 3.32. The van der Waals surface area contributed by atoms with Crippen LogP contribution in [0.2, 0.25) is 0 Å². The number of anilines is 1. The van der Waals surface area contributed by atoms with Gasteiger partial charge in [0.05, 0.1) is 16.1 Å². The fourth-order valence-corrected chi connectivity index (χ4v) is 2.65. The Balaban J connectivity index is 2.21. The largest absolute Gasteiger partial charge is 0.365 e. The molecule has 2 rings (SSSR count). The predicted octanol–water partition coefficient (Wildman–Crippen LogP) is 0.647. The number of benzene rings is 1. The molecular formula is C12H18FN3O2S. The molecule has 19 heavy (non-hydrogen) atoms. The highest BCUT2D eigenvalue weighted by Gasteiger charge is 2.42. The Hall–Kier alpha value is -1.18. The molecule has 1 aromatic carbocycles. The molecule has 1 saturated heterocycles. The van der Waals surface area contributed by atoms with Gasteiger partial charge in [-0.05, 0) is 24.1 Å². The number of halogens is 1. The minimum Gasteiger partial charge on any atom is -0.365 e. The molecule has 5 nitrogen and oxygen atoms in total. The van der Waals surface area contributed by atoms with Crippen LogP contribution < -0.4 is 15.8 Å². The number of nitrogens with zero attached hydrogens (tertiary/aromatic N) is 1. The van der Waals surface area contributed by atoms with Gasteiger partial charge in [0.1, 0.15) is 5.82 Å². The fraction of sp³-hybridized carbons (Fsp3) is 0.500. The second kappa shape index (κ2) is 4.43. The molecule has 7 heteroatoms. The third-order valence-corrected chi connectivity index (χ3v) is 4.62. The van der Waals surface area contributed by atoms with Crippen molar-refractivity contribution in [2.24, 2.45) is 16.8 Å². The van der Waals surface area contributed by atoms with Gasteiger partial charge in [-0.25, -0.2) is 17.9 Å². The van der Waals surface area contributed by atoms with Gasteiger partial charge in [0.15, 0.2) is 0 Å². The summed E-state index contributed by atoms with van der Waals surface area (Å²) < 4.78 is 36.1. The molecule has 0 atom stereocenters. The van der Waals surface area contributed by atoms with Crippen LogP contribution in [0.1, 0.15) is 13.8 Å². The molecule has 1 heterocycles. The van der Waals surface area contributed by atoms with Gasteiger partial charge in [-0.15, -0.1) is 0 Å². The van der Waals surface area contributed by atoms with E-state index in [1.165, 1.54) is 12.1 Å². The monoisotopic (exact) mass is 287 g/mol. The van der Waals surface area contributed by atoms with Crippen LogP contribution in [0.4, 0.5) is 10.1 Å². The van der Waals surface area contributed by atoms with Crippen molar-refractivity contribution in [3.63, 3.8) is 0 Å². The molecule has 0 radical (unpaired) electrons. The maximum Gasteiger partial charge on any atom is 0.238 e. The third-order valence-electron chi connectivity index (χ3n) is 3.71. The number of hydrogen-bond acceptors (Lipinski definition) is 4. The zero-order valence-electron chi connectivity index (χ0n) is 10.9. The van der Waals surface area contributed by atoms with Crippen molar-refractivity contribution >= 4 is 15.7 Å². The number of nitrogens with two attached hydrogens (primary N) is 2. The molecule has 1 aliphatic rings. The van der Waals surface area contributed by atoms with Crippen molar-refractivity contribution in [2.75, 3.05) is 18.0 Å². The van der Waals surface area contributed by atoms with Gasteiger partial charge in [-0.2, -0.15) is 0 Å². The van der Waals surface area contributed by atoms with Gasteiger partial charge in [0.25, 0.3) is 0 Å². The predicted molar refractivity (Wildman–Crippen MR) is 71.7 cm³/mol.